The van der Waals surface area contributed by atoms with Gasteiger partial charge in [-0.05, 0) is 11.5 Å². The van der Waals surface area contributed by atoms with Crippen LogP contribution in [0.2, 0.25) is 0 Å². The maximum Gasteiger partial charge on any atom is 0.257 e. The number of nitrogens with one attached hydrogen (secondary N) is 1. The second-order valence-corrected chi connectivity index (χ2v) is 3.77. The molecule has 0 saturated carbocycles. The molecule has 0 spiro atoms. The highest BCUT2D eigenvalue weighted by Gasteiger charge is 2.48. The fourth-order valence-electron chi connectivity index (χ4n) is 1.03. The Balaban J connectivity index is 2.95. The Hall–Kier alpha value is -1.04. The fourth-order valence-corrected chi connectivity index (χ4v) is 2.12. The lowest BCUT2D eigenvalue weighted by atomic mass is 9.98. The van der Waals surface area contributed by atoms with Crippen molar-refractivity contribution in [1.82, 2.24) is 0 Å². The van der Waals surface area contributed by atoms with Crippen LogP contribution in [-0.4, -0.2) is 21.5 Å². The SMILES string of the molecule is CC1([N+](=O)[O-])C=CSC1C(=N)N. The van der Waals surface area contributed by atoms with Gasteiger partial charge in [0.05, 0.1) is 0 Å². The second kappa shape index (κ2) is 2.78. The maximum atomic E-state index is 10.6. The summed E-state index contributed by atoms with van der Waals surface area (Å²) in [5.41, 5.74) is 4.02. The summed E-state index contributed by atoms with van der Waals surface area (Å²) in [7, 11) is 0. The largest absolute Gasteiger partial charge is 0.386 e. The third-order valence-electron chi connectivity index (χ3n) is 1.83. The zero-order chi connectivity index (χ0) is 9.35. The van der Waals surface area contributed by atoms with Crippen LogP contribution < -0.4 is 5.73 Å². The van der Waals surface area contributed by atoms with Crippen LogP contribution in [-0.2, 0) is 0 Å². The van der Waals surface area contributed by atoms with Gasteiger partial charge in [0.25, 0.3) is 5.54 Å². The first-order valence-electron chi connectivity index (χ1n) is 3.30. The number of nitrogens with zero attached hydrogens (tertiary/aromatic N) is 1. The summed E-state index contributed by atoms with van der Waals surface area (Å²) in [6.07, 6.45) is 1.48. The summed E-state index contributed by atoms with van der Waals surface area (Å²) in [6.45, 7) is 1.47. The second-order valence-electron chi connectivity index (χ2n) is 2.76. The molecule has 2 atom stereocenters. The molecule has 0 aromatic rings. The van der Waals surface area contributed by atoms with Gasteiger partial charge in [-0.3, -0.25) is 15.5 Å². The molecule has 0 fully saturated rings. The van der Waals surface area contributed by atoms with E-state index in [0.29, 0.717) is 0 Å². The van der Waals surface area contributed by atoms with E-state index >= 15 is 0 Å². The summed E-state index contributed by atoms with van der Waals surface area (Å²) >= 11 is 1.21. The third kappa shape index (κ3) is 1.18. The van der Waals surface area contributed by atoms with Gasteiger partial charge in [-0.25, -0.2) is 0 Å². The quantitative estimate of drug-likeness (QED) is 0.286. The van der Waals surface area contributed by atoms with Gasteiger partial charge in [-0.15, -0.1) is 11.8 Å². The van der Waals surface area contributed by atoms with Crippen molar-refractivity contribution in [3.05, 3.63) is 21.6 Å². The highest BCUT2D eigenvalue weighted by molar-refractivity contribution is 8.03. The first-order valence-corrected chi connectivity index (χ1v) is 4.24. The van der Waals surface area contributed by atoms with Crippen molar-refractivity contribution in [2.45, 2.75) is 17.7 Å². The Morgan fingerprint density at radius 3 is 2.83 bits per heavy atom. The van der Waals surface area contributed by atoms with Crippen molar-refractivity contribution in [2.75, 3.05) is 0 Å². The molecule has 0 saturated heterocycles. The van der Waals surface area contributed by atoms with E-state index in [9.17, 15) is 10.1 Å². The number of hydrogen-bond acceptors (Lipinski definition) is 4. The van der Waals surface area contributed by atoms with Gasteiger partial charge in [0.2, 0.25) is 0 Å². The minimum Gasteiger partial charge on any atom is -0.386 e. The predicted octanol–water partition coefficient (Wildman–Crippen LogP) is 0.587. The summed E-state index contributed by atoms with van der Waals surface area (Å²) in [5.74, 6) is -0.149. The molecule has 0 aliphatic carbocycles. The van der Waals surface area contributed by atoms with Crippen molar-refractivity contribution in [1.29, 1.82) is 5.41 Å². The lowest BCUT2D eigenvalue weighted by Gasteiger charge is -2.19. The van der Waals surface area contributed by atoms with Crippen molar-refractivity contribution in [2.24, 2.45) is 5.73 Å². The first-order chi connectivity index (χ1) is 5.48. The Morgan fingerprint density at radius 2 is 2.50 bits per heavy atom. The summed E-state index contributed by atoms with van der Waals surface area (Å²) in [5, 5.41) is 18.8. The van der Waals surface area contributed by atoms with E-state index < -0.39 is 15.7 Å². The molecule has 0 amide bonds. The molecule has 0 aromatic heterocycles. The number of nitro groups is 1. The van der Waals surface area contributed by atoms with E-state index in [1.54, 1.807) is 5.41 Å². The van der Waals surface area contributed by atoms with Crippen LogP contribution in [0, 0.1) is 15.5 Å². The van der Waals surface area contributed by atoms with E-state index in [1.165, 1.54) is 24.8 Å². The Labute approximate surface area is 73.7 Å². The molecule has 6 heteroatoms. The van der Waals surface area contributed by atoms with Crippen LogP contribution in [0.4, 0.5) is 0 Å². The topological polar surface area (TPSA) is 93.0 Å². The van der Waals surface area contributed by atoms with E-state index in [-0.39, 0.29) is 5.84 Å². The summed E-state index contributed by atoms with van der Waals surface area (Å²) < 4.78 is 0. The highest BCUT2D eigenvalue weighted by atomic mass is 32.2. The van der Waals surface area contributed by atoms with Gasteiger partial charge in [-0.2, -0.15) is 0 Å². The Bertz CT molecular complexity index is 266. The molecular weight excluding hydrogens is 178 g/mol. The average Bonchev–Trinajstić information content (AvgIpc) is 2.32. The van der Waals surface area contributed by atoms with Gasteiger partial charge in [0.1, 0.15) is 11.1 Å². The predicted molar refractivity (Wildman–Crippen MR) is 47.8 cm³/mol. The number of thioether (sulfide) groups is 1. The monoisotopic (exact) mass is 187 g/mol. The molecule has 1 aliphatic heterocycles. The van der Waals surface area contributed by atoms with Crippen LogP contribution in [0.25, 0.3) is 0 Å². The lowest BCUT2D eigenvalue weighted by Crippen LogP contribution is -2.47. The van der Waals surface area contributed by atoms with Gasteiger partial charge in [-0.1, -0.05) is 0 Å². The van der Waals surface area contributed by atoms with E-state index in [1.807, 2.05) is 0 Å². The molecule has 1 heterocycles. The van der Waals surface area contributed by atoms with Crippen LogP contribution in [0.3, 0.4) is 0 Å². The Kier molecular flexibility index (Phi) is 2.10. The van der Waals surface area contributed by atoms with E-state index in [0.717, 1.165) is 0 Å². The molecule has 1 rings (SSSR count). The fraction of sp³-hybridized carbons (Fsp3) is 0.500. The van der Waals surface area contributed by atoms with Gasteiger partial charge in [0, 0.05) is 11.8 Å². The first kappa shape index (κ1) is 9.05. The van der Waals surface area contributed by atoms with Crippen molar-refractivity contribution >= 4 is 17.6 Å². The molecule has 0 bridgehead atoms. The molecule has 5 nitrogen and oxygen atoms in total. The minimum atomic E-state index is -1.21. The number of amidine groups is 1. The number of nitrogens with two attached hydrogens (primary N) is 1. The number of hydrogen-bond donors (Lipinski definition) is 2. The zero-order valence-electron chi connectivity index (χ0n) is 6.48. The molecule has 66 valence electrons. The summed E-state index contributed by atoms with van der Waals surface area (Å²) in [6, 6.07) is 0. The van der Waals surface area contributed by atoms with Crippen molar-refractivity contribution < 1.29 is 4.92 Å². The molecule has 1 aliphatic rings. The maximum absolute atomic E-state index is 10.6. The van der Waals surface area contributed by atoms with Gasteiger partial charge < -0.3 is 5.73 Å². The molecule has 0 aromatic carbocycles. The normalized spacial score (nSPS) is 33.6. The highest BCUT2D eigenvalue weighted by Crippen LogP contribution is 2.35. The van der Waals surface area contributed by atoms with E-state index in [2.05, 4.69) is 0 Å². The van der Waals surface area contributed by atoms with Crippen LogP contribution >= 0.6 is 11.8 Å². The average molecular weight is 187 g/mol. The van der Waals surface area contributed by atoms with Gasteiger partial charge in [0.15, 0.2) is 0 Å². The van der Waals surface area contributed by atoms with Crippen LogP contribution in [0.15, 0.2) is 11.5 Å². The van der Waals surface area contributed by atoms with Crippen molar-refractivity contribution in [3.8, 4) is 0 Å². The molecule has 0 radical (unpaired) electrons. The van der Waals surface area contributed by atoms with E-state index in [4.69, 9.17) is 11.1 Å². The minimum absolute atomic E-state index is 0.149. The van der Waals surface area contributed by atoms with Gasteiger partial charge >= 0.3 is 0 Å². The standard InChI is InChI=1S/C6H9N3O2S/c1-6(9(10)11)2-3-12-4(6)5(7)8/h2-4H,1H3,(H3,7,8). The molecule has 3 N–H and O–H groups in total. The summed E-state index contributed by atoms with van der Waals surface area (Å²) in [4.78, 5) is 10.2. The molecule has 12 heavy (non-hydrogen) atoms. The smallest absolute Gasteiger partial charge is 0.257 e. The number of rotatable bonds is 2. The zero-order valence-corrected chi connectivity index (χ0v) is 7.30. The molecule has 2 unspecified atom stereocenters. The lowest BCUT2D eigenvalue weighted by molar-refractivity contribution is -0.546. The van der Waals surface area contributed by atoms with Crippen molar-refractivity contribution in [3.63, 3.8) is 0 Å². The van der Waals surface area contributed by atoms with Crippen LogP contribution in [0.1, 0.15) is 6.92 Å². The Morgan fingerprint density at radius 1 is 1.92 bits per heavy atom. The third-order valence-corrected chi connectivity index (χ3v) is 3.12. The van der Waals surface area contributed by atoms with Crippen LogP contribution in [0.5, 0.6) is 0 Å². The molecular formula is C6H9N3O2S.